The number of rotatable bonds is 3. The van der Waals surface area contributed by atoms with Crippen molar-refractivity contribution in [3.63, 3.8) is 0 Å². The maximum Gasteiger partial charge on any atom is 0.255 e. The molecule has 0 spiro atoms. The average molecular weight is 342 g/mol. The van der Waals surface area contributed by atoms with E-state index in [1.165, 1.54) is 5.56 Å². The van der Waals surface area contributed by atoms with Crippen LogP contribution in [0.3, 0.4) is 0 Å². The van der Waals surface area contributed by atoms with Gasteiger partial charge in [0.05, 0.1) is 5.69 Å². The second kappa shape index (κ2) is 6.44. The number of anilines is 1. The molecule has 1 heterocycles. The molecule has 0 unspecified atom stereocenters. The molecule has 1 aromatic heterocycles. The number of fused-ring (bicyclic) bond motifs is 1. The van der Waals surface area contributed by atoms with E-state index in [9.17, 15) is 4.79 Å². The van der Waals surface area contributed by atoms with E-state index < -0.39 is 0 Å². The third-order valence-corrected chi connectivity index (χ3v) is 4.18. The Hall–Kier alpha value is -3.47. The van der Waals surface area contributed by atoms with Crippen molar-refractivity contribution in [3.05, 3.63) is 83.4 Å². The zero-order valence-corrected chi connectivity index (χ0v) is 14.6. The topological polar surface area (TPSA) is 59.8 Å². The molecule has 0 bridgehead atoms. The first kappa shape index (κ1) is 16.0. The monoisotopic (exact) mass is 342 g/mol. The fraction of sp³-hybridized carbons (Fsp3) is 0.0952. The molecule has 5 heteroatoms. The van der Waals surface area contributed by atoms with E-state index in [0.29, 0.717) is 11.3 Å². The summed E-state index contributed by atoms with van der Waals surface area (Å²) in [5.74, 6) is -0.140. The summed E-state index contributed by atoms with van der Waals surface area (Å²) >= 11 is 0. The number of benzene rings is 3. The van der Waals surface area contributed by atoms with Crippen LogP contribution in [0.15, 0.2) is 66.7 Å². The van der Waals surface area contributed by atoms with Gasteiger partial charge in [0.15, 0.2) is 0 Å². The van der Waals surface area contributed by atoms with Crippen molar-refractivity contribution >= 4 is 22.6 Å². The highest BCUT2D eigenvalue weighted by molar-refractivity contribution is 6.05. The minimum absolute atomic E-state index is 0.140. The lowest BCUT2D eigenvalue weighted by molar-refractivity contribution is 0.102. The lowest BCUT2D eigenvalue weighted by Gasteiger charge is -2.05. The summed E-state index contributed by atoms with van der Waals surface area (Å²) in [6.07, 6.45) is 0. The van der Waals surface area contributed by atoms with Gasteiger partial charge < -0.3 is 5.32 Å². The lowest BCUT2D eigenvalue weighted by atomic mass is 10.1. The largest absolute Gasteiger partial charge is 0.322 e. The first-order valence-electron chi connectivity index (χ1n) is 8.41. The number of aryl methyl sites for hydroxylation is 2. The second-order valence-electron chi connectivity index (χ2n) is 6.35. The Labute approximate surface area is 151 Å². The van der Waals surface area contributed by atoms with Gasteiger partial charge in [-0.1, -0.05) is 35.4 Å². The molecule has 1 N–H and O–H groups in total. The summed E-state index contributed by atoms with van der Waals surface area (Å²) in [6, 6.07) is 21.0. The number of hydrogen-bond acceptors (Lipinski definition) is 3. The maximum atomic E-state index is 12.4. The molecule has 128 valence electrons. The molecule has 0 fully saturated rings. The van der Waals surface area contributed by atoms with Crippen molar-refractivity contribution in [1.82, 2.24) is 15.0 Å². The molecule has 4 aromatic rings. The molecule has 0 aliphatic carbocycles. The number of hydrogen-bond donors (Lipinski definition) is 1. The van der Waals surface area contributed by atoms with Crippen LogP contribution in [0.2, 0.25) is 0 Å². The first-order chi connectivity index (χ1) is 12.6. The molecule has 0 radical (unpaired) electrons. The van der Waals surface area contributed by atoms with Gasteiger partial charge in [-0.25, -0.2) is 0 Å². The minimum Gasteiger partial charge on any atom is -0.322 e. The Balaban J connectivity index is 1.61. The average Bonchev–Trinajstić information content (AvgIpc) is 3.05. The van der Waals surface area contributed by atoms with E-state index in [0.717, 1.165) is 22.3 Å². The molecule has 4 rings (SSSR count). The number of amides is 1. The first-order valence-corrected chi connectivity index (χ1v) is 8.41. The zero-order valence-electron chi connectivity index (χ0n) is 14.6. The van der Waals surface area contributed by atoms with E-state index in [-0.39, 0.29) is 5.91 Å². The van der Waals surface area contributed by atoms with Gasteiger partial charge in [0.2, 0.25) is 0 Å². The van der Waals surface area contributed by atoms with E-state index >= 15 is 0 Å². The van der Waals surface area contributed by atoms with E-state index in [1.54, 1.807) is 10.9 Å². The lowest BCUT2D eigenvalue weighted by Crippen LogP contribution is -2.11. The Kier molecular flexibility index (Phi) is 3.97. The van der Waals surface area contributed by atoms with Crippen molar-refractivity contribution < 1.29 is 4.79 Å². The van der Waals surface area contributed by atoms with Crippen molar-refractivity contribution in [2.24, 2.45) is 0 Å². The number of nitrogens with zero attached hydrogens (tertiary/aromatic N) is 3. The summed E-state index contributed by atoms with van der Waals surface area (Å²) in [7, 11) is 0. The van der Waals surface area contributed by atoms with Gasteiger partial charge in [0.25, 0.3) is 5.91 Å². The number of carbonyl (C=O) groups is 1. The molecule has 5 nitrogen and oxygen atoms in total. The van der Waals surface area contributed by atoms with Gasteiger partial charge >= 0.3 is 0 Å². The summed E-state index contributed by atoms with van der Waals surface area (Å²) in [6.45, 7) is 4.01. The molecule has 26 heavy (non-hydrogen) atoms. The predicted octanol–water partition coefficient (Wildman–Crippen LogP) is 4.29. The third kappa shape index (κ3) is 3.19. The van der Waals surface area contributed by atoms with Crippen molar-refractivity contribution in [2.45, 2.75) is 13.8 Å². The zero-order chi connectivity index (χ0) is 18.1. The van der Waals surface area contributed by atoms with E-state index in [4.69, 9.17) is 0 Å². The van der Waals surface area contributed by atoms with Crippen LogP contribution >= 0.6 is 0 Å². The van der Waals surface area contributed by atoms with E-state index in [2.05, 4.69) is 15.5 Å². The highest BCUT2D eigenvalue weighted by Gasteiger charge is 2.09. The fourth-order valence-electron chi connectivity index (χ4n) is 2.78. The second-order valence-corrected chi connectivity index (χ2v) is 6.35. The smallest absolute Gasteiger partial charge is 0.255 e. The SMILES string of the molecule is Cc1ccc(-n2nc3ccc(NC(=O)c4cccc(C)c4)cc3n2)cc1. The number of carbonyl (C=O) groups excluding carboxylic acids is 1. The van der Waals surface area contributed by atoms with Crippen LogP contribution in [0.5, 0.6) is 0 Å². The van der Waals surface area contributed by atoms with Crippen molar-refractivity contribution in [1.29, 1.82) is 0 Å². The van der Waals surface area contributed by atoms with Gasteiger partial charge in [0, 0.05) is 11.3 Å². The Morgan fingerprint density at radius 3 is 2.38 bits per heavy atom. The highest BCUT2D eigenvalue weighted by atomic mass is 16.1. The highest BCUT2D eigenvalue weighted by Crippen LogP contribution is 2.18. The standard InChI is InChI=1S/C21H18N4O/c1-14-6-9-18(10-7-14)25-23-19-11-8-17(13-20(19)24-25)22-21(26)16-5-3-4-15(2)12-16/h3-13H,1-2H3,(H,22,26). The van der Waals surface area contributed by atoms with Crippen LogP contribution in [0.1, 0.15) is 21.5 Å². The Bertz CT molecular complexity index is 1100. The molecule has 0 saturated carbocycles. The Morgan fingerprint density at radius 1 is 0.846 bits per heavy atom. The van der Waals surface area contributed by atoms with Crippen molar-refractivity contribution in [3.8, 4) is 5.69 Å². The predicted molar refractivity (Wildman–Crippen MR) is 103 cm³/mol. The molecule has 1 amide bonds. The van der Waals surface area contributed by atoms with Crippen molar-refractivity contribution in [2.75, 3.05) is 5.32 Å². The summed E-state index contributed by atoms with van der Waals surface area (Å²) in [4.78, 5) is 14.0. The van der Waals surface area contributed by atoms with Crippen LogP contribution in [-0.2, 0) is 0 Å². The maximum absolute atomic E-state index is 12.4. The molecule has 3 aromatic carbocycles. The van der Waals surface area contributed by atoms with E-state index in [1.807, 2.05) is 74.5 Å². The summed E-state index contributed by atoms with van der Waals surface area (Å²) < 4.78 is 0. The summed E-state index contributed by atoms with van der Waals surface area (Å²) in [5, 5.41) is 11.9. The third-order valence-electron chi connectivity index (χ3n) is 4.18. The molecular formula is C21H18N4O. The molecule has 0 aliphatic heterocycles. The van der Waals surface area contributed by atoms with Crippen LogP contribution in [-0.4, -0.2) is 20.9 Å². The summed E-state index contributed by atoms with van der Waals surface area (Å²) in [5.41, 5.74) is 5.97. The normalized spacial score (nSPS) is 10.8. The molecule has 0 saturated heterocycles. The molecular weight excluding hydrogens is 324 g/mol. The minimum atomic E-state index is -0.140. The van der Waals surface area contributed by atoms with Gasteiger partial charge in [-0.3, -0.25) is 4.79 Å². The van der Waals surface area contributed by atoms with Gasteiger partial charge in [-0.15, -0.1) is 10.2 Å². The van der Waals surface area contributed by atoms with Gasteiger partial charge in [-0.2, -0.15) is 4.80 Å². The quantitative estimate of drug-likeness (QED) is 0.604. The molecule has 0 aliphatic rings. The fourth-order valence-corrected chi connectivity index (χ4v) is 2.78. The van der Waals surface area contributed by atoms with Crippen LogP contribution in [0.25, 0.3) is 16.7 Å². The number of nitrogens with one attached hydrogen (secondary N) is 1. The Morgan fingerprint density at radius 2 is 1.62 bits per heavy atom. The van der Waals surface area contributed by atoms with Crippen LogP contribution < -0.4 is 5.32 Å². The van der Waals surface area contributed by atoms with Crippen LogP contribution in [0, 0.1) is 13.8 Å². The number of aromatic nitrogens is 3. The van der Waals surface area contributed by atoms with Gasteiger partial charge in [0.1, 0.15) is 11.0 Å². The van der Waals surface area contributed by atoms with Gasteiger partial charge in [-0.05, 0) is 56.3 Å². The van der Waals surface area contributed by atoms with Crippen LogP contribution in [0.4, 0.5) is 5.69 Å². The molecule has 0 atom stereocenters.